The number of alkyl halides is 1. The van der Waals surface area contributed by atoms with Gasteiger partial charge in [-0.1, -0.05) is 32.4 Å². The molecule has 0 saturated carbocycles. The topological polar surface area (TPSA) is 18.5 Å². The maximum Gasteiger partial charge on any atom is 0.201 e. The number of fused-ring (bicyclic) bond motifs is 2. The van der Waals surface area contributed by atoms with E-state index in [4.69, 9.17) is 9.47 Å². The fourth-order valence-corrected chi connectivity index (χ4v) is 3.68. The second kappa shape index (κ2) is 10.5. The van der Waals surface area contributed by atoms with Crippen LogP contribution < -0.4 is 4.74 Å². The molecule has 0 N–H and O–H groups in total. The van der Waals surface area contributed by atoms with Gasteiger partial charge >= 0.3 is 0 Å². The number of ether oxygens (including phenoxy) is 2. The van der Waals surface area contributed by atoms with Crippen LogP contribution in [-0.2, 0) is 24.0 Å². The smallest absolute Gasteiger partial charge is 0.201 e. The molecular weight excluding hydrogens is 408 g/mol. The van der Waals surface area contributed by atoms with Crippen molar-refractivity contribution in [3.8, 4) is 11.5 Å². The molecular formula is C25H30F4O2. The summed E-state index contributed by atoms with van der Waals surface area (Å²) in [7, 11) is 0. The Labute approximate surface area is 181 Å². The molecule has 170 valence electrons. The van der Waals surface area contributed by atoms with Gasteiger partial charge in [-0.25, -0.2) is 8.78 Å². The second-order valence-corrected chi connectivity index (χ2v) is 8.45. The molecule has 0 amide bonds. The van der Waals surface area contributed by atoms with E-state index < -0.39 is 24.1 Å². The van der Waals surface area contributed by atoms with Crippen molar-refractivity contribution in [3.63, 3.8) is 0 Å². The first-order valence-electron chi connectivity index (χ1n) is 11.0. The van der Waals surface area contributed by atoms with Gasteiger partial charge in [-0.2, -0.15) is 4.39 Å². The van der Waals surface area contributed by atoms with E-state index in [9.17, 15) is 13.2 Å². The Morgan fingerprint density at radius 1 is 0.968 bits per heavy atom. The molecule has 2 aromatic rings. The molecule has 1 aliphatic rings. The fourth-order valence-electron chi connectivity index (χ4n) is 3.68. The van der Waals surface area contributed by atoms with E-state index in [1.807, 2.05) is 6.92 Å². The van der Waals surface area contributed by atoms with Crippen LogP contribution in [0, 0.1) is 23.4 Å². The predicted molar refractivity (Wildman–Crippen MR) is 113 cm³/mol. The molecule has 0 spiro atoms. The summed E-state index contributed by atoms with van der Waals surface area (Å²) in [5.41, 5.74) is 1.60. The minimum atomic E-state index is -1.14. The van der Waals surface area contributed by atoms with Crippen molar-refractivity contribution >= 4 is 0 Å². The third-order valence-corrected chi connectivity index (χ3v) is 5.92. The quantitative estimate of drug-likeness (QED) is 0.315. The monoisotopic (exact) mass is 438 g/mol. The van der Waals surface area contributed by atoms with Crippen molar-refractivity contribution in [2.45, 2.75) is 65.4 Å². The van der Waals surface area contributed by atoms with Gasteiger partial charge in [0.15, 0.2) is 23.1 Å². The van der Waals surface area contributed by atoms with Crippen molar-refractivity contribution in [3.05, 3.63) is 57.9 Å². The van der Waals surface area contributed by atoms with Gasteiger partial charge in [0.2, 0.25) is 5.82 Å². The molecule has 0 aliphatic carbocycles. The number of benzene rings is 2. The SMILES string of the molecule is CCC(C)COC(C)CCc1ccc2c(c1F)Oc1c(cc(CCCF)c(F)c1F)C2. The first-order valence-corrected chi connectivity index (χ1v) is 11.0. The maximum absolute atomic E-state index is 15.1. The zero-order valence-electron chi connectivity index (χ0n) is 18.4. The first-order chi connectivity index (χ1) is 14.8. The number of hydrogen-bond acceptors (Lipinski definition) is 2. The van der Waals surface area contributed by atoms with Crippen LogP contribution in [0.15, 0.2) is 18.2 Å². The van der Waals surface area contributed by atoms with Gasteiger partial charge in [0, 0.05) is 24.2 Å². The minimum Gasteiger partial charge on any atom is -0.450 e. The average molecular weight is 439 g/mol. The Morgan fingerprint density at radius 3 is 2.42 bits per heavy atom. The van der Waals surface area contributed by atoms with Gasteiger partial charge in [0.05, 0.1) is 12.8 Å². The van der Waals surface area contributed by atoms with Crippen LogP contribution in [0.5, 0.6) is 11.5 Å². The normalized spacial score (nSPS) is 14.5. The molecule has 2 atom stereocenters. The molecule has 2 nitrogen and oxygen atoms in total. The van der Waals surface area contributed by atoms with Gasteiger partial charge in [-0.05, 0) is 55.7 Å². The summed E-state index contributed by atoms with van der Waals surface area (Å²) in [6.07, 6.45) is 2.57. The highest BCUT2D eigenvalue weighted by Gasteiger charge is 2.28. The lowest BCUT2D eigenvalue weighted by molar-refractivity contribution is 0.0383. The highest BCUT2D eigenvalue weighted by atomic mass is 19.2. The van der Waals surface area contributed by atoms with E-state index in [-0.39, 0.29) is 42.4 Å². The second-order valence-electron chi connectivity index (χ2n) is 8.45. The molecule has 1 aliphatic heterocycles. The van der Waals surface area contributed by atoms with Gasteiger partial charge in [-0.3, -0.25) is 4.39 Å². The van der Waals surface area contributed by atoms with E-state index in [1.165, 1.54) is 6.07 Å². The summed E-state index contributed by atoms with van der Waals surface area (Å²) < 4.78 is 67.9. The molecule has 2 aromatic carbocycles. The van der Waals surface area contributed by atoms with Crippen molar-refractivity contribution in [2.75, 3.05) is 13.3 Å². The summed E-state index contributed by atoms with van der Waals surface area (Å²) in [5.74, 6) is -2.60. The Bertz CT molecular complexity index is 913. The highest BCUT2D eigenvalue weighted by Crippen LogP contribution is 2.42. The fraction of sp³-hybridized carbons (Fsp3) is 0.520. The number of rotatable bonds is 10. The minimum absolute atomic E-state index is 0.0136. The van der Waals surface area contributed by atoms with Crippen LogP contribution in [0.2, 0.25) is 0 Å². The van der Waals surface area contributed by atoms with Gasteiger partial charge in [0.1, 0.15) is 0 Å². The summed E-state index contributed by atoms with van der Waals surface area (Å²) in [6, 6.07) is 4.98. The van der Waals surface area contributed by atoms with Crippen LogP contribution in [0.25, 0.3) is 0 Å². The zero-order chi connectivity index (χ0) is 22.5. The van der Waals surface area contributed by atoms with E-state index >= 15 is 4.39 Å². The predicted octanol–water partition coefficient (Wildman–Crippen LogP) is 7.09. The molecule has 3 rings (SSSR count). The largest absolute Gasteiger partial charge is 0.450 e. The van der Waals surface area contributed by atoms with Crippen LogP contribution in [0.3, 0.4) is 0 Å². The standard InChI is InChI=1S/C25H30F4O2/c1-4-15(2)14-30-16(3)7-8-17-9-10-19-13-20-12-18(6-5-11-26)21(27)23(29)25(20)31-24(19)22(17)28/h9-10,12,15-16H,4-8,11,13-14H2,1-3H3. The molecule has 1 heterocycles. The Balaban J connectivity index is 1.75. The van der Waals surface area contributed by atoms with Crippen LogP contribution >= 0.6 is 0 Å². The molecule has 31 heavy (non-hydrogen) atoms. The molecule has 2 unspecified atom stereocenters. The maximum atomic E-state index is 15.1. The van der Waals surface area contributed by atoms with Crippen LogP contribution in [0.4, 0.5) is 17.6 Å². The van der Waals surface area contributed by atoms with Gasteiger partial charge < -0.3 is 9.47 Å². The van der Waals surface area contributed by atoms with E-state index in [2.05, 4.69) is 13.8 Å². The zero-order valence-corrected chi connectivity index (χ0v) is 18.4. The lowest BCUT2D eigenvalue weighted by Gasteiger charge is -2.23. The van der Waals surface area contributed by atoms with Crippen molar-refractivity contribution < 1.29 is 27.0 Å². The van der Waals surface area contributed by atoms with Crippen molar-refractivity contribution in [1.29, 1.82) is 0 Å². The number of hydrogen-bond donors (Lipinski definition) is 0. The third kappa shape index (κ3) is 5.40. The summed E-state index contributed by atoms with van der Waals surface area (Å²) >= 11 is 0. The Kier molecular flexibility index (Phi) is 7.98. The molecule has 0 fully saturated rings. The molecule has 0 bridgehead atoms. The van der Waals surface area contributed by atoms with Crippen LogP contribution in [0.1, 0.15) is 62.3 Å². The summed E-state index contributed by atoms with van der Waals surface area (Å²) in [4.78, 5) is 0. The Hall–Kier alpha value is -2.08. The van der Waals surface area contributed by atoms with Crippen LogP contribution in [-0.4, -0.2) is 19.4 Å². The molecule has 0 radical (unpaired) electrons. The lowest BCUT2D eigenvalue weighted by atomic mass is 9.94. The van der Waals surface area contributed by atoms with E-state index in [0.717, 1.165) is 6.42 Å². The summed E-state index contributed by atoms with van der Waals surface area (Å²) in [5, 5.41) is 0. The molecule has 6 heteroatoms. The number of aryl methyl sites for hydroxylation is 2. The first kappa shape index (κ1) is 23.6. The Morgan fingerprint density at radius 2 is 1.71 bits per heavy atom. The summed E-state index contributed by atoms with van der Waals surface area (Å²) in [6.45, 7) is 6.26. The molecule has 0 aromatic heterocycles. The van der Waals surface area contributed by atoms with Crippen molar-refractivity contribution in [1.82, 2.24) is 0 Å². The van der Waals surface area contributed by atoms with E-state index in [1.54, 1.807) is 12.1 Å². The lowest BCUT2D eigenvalue weighted by Crippen LogP contribution is -2.15. The number of halogens is 4. The van der Waals surface area contributed by atoms with Gasteiger partial charge in [0.25, 0.3) is 0 Å². The average Bonchev–Trinajstić information content (AvgIpc) is 2.77. The van der Waals surface area contributed by atoms with Gasteiger partial charge in [-0.15, -0.1) is 0 Å². The molecule has 0 saturated heterocycles. The third-order valence-electron chi connectivity index (χ3n) is 5.92. The van der Waals surface area contributed by atoms with Crippen molar-refractivity contribution in [2.24, 2.45) is 5.92 Å². The van der Waals surface area contributed by atoms with E-state index in [0.29, 0.717) is 42.1 Å². The highest BCUT2D eigenvalue weighted by molar-refractivity contribution is 5.53.